The zero-order chi connectivity index (χ0) is 8.85. The molecule has 0 saturated carbocycles. The van der Waals surface area contributed by atoms with E-state index in [4.69, 9.17) is 0 Å². The van der Waals surface area contributed by atoms with Gasteiger partial charge in [-0.3, -0.25) is 4.79 Å². The minimum Gasteiger partial charge on any atom is -0.550 e. The molecule has 0 fully saturated rings. The van der Waals surface area contributed by atoms with Crippen molar-refractivity contribution >= 4 is 11.8 Å². The van der Waals surface area contributed by atoms with Gasteiger partial charge in [0.25, 0.3) is 0 Å². The zero-order valence-corrected chi connectivity index (χ0v) is 6.72. The monoisotopic (exact) mass is 158 g/mol. The fourth-order valence-electron chi connectivity index (χ4n) is 0.813. The van der Waals surface area contributed by atoms with Crippen LogP contribution >= 0.6 is 0 Å². The number of carbonyl (C=O) groups excluding carboxylic acids is 2. The van der Waals surface area contributed by atoms with Gasteiger partial charge in [0.05, 0.1) is 6.04 Å². The maximum absolute atomic E-state index is 10.7. The average Bonchev–Trinajstić information content (AvgIpc) is 1.87. The van der Waals surface area contributed by atoms with Crippen LogP contribution in [0.2, 0.25) is 0 Å². The first-order valence-corrected chi connectivity index (χ1v) is 3.45. The minimum absolute atomic E-state index is 0.0475. The molecule has 0 aromatic rings. The lowest BCUT2D eigenvalue weighted by molar-refractivity contribution is -0.305. The summed E-state index contributed by atoms with van der Waals surface area (Å²) < 4.78 is 0. The van der Waals surface area contributed by atoms with Crippen molar-refractivity contribution < 1.29 is 14.7 Å². The van der Waals surface area contributed by atoms with Crippen molar-refractivity contribution in [3.05, 3.63) is 0 Å². The Morgan fingerprint density at radius 2 is 2.09 bits per heavy atom. The highest BCUT2D eigenvalue weighted by Gasteiger charge is 2.09. The molecule has 0 aromatic carbocycles. The van der Waals surface area contributed by atoms with Crippen LogP contribution in [0.1, 0.15) is 19.8 Å². The van der Waals surface area contributed by atoms with Crippen LogP contribution in [0.3, 0.4) is 0 Å². The van der Waals surface area contributed by atoms with Gasteiger partial charge >= 0.3 is 0 Å². The molecule has 4 nitrogen and oxygen atoms in total. The number of carboxylic acid groups (broad SMARTS) is 1. The lowest BCUT2D eigenvalue weighted by Gasteiger charge is -2.11. The first kappa shape index (κ1) is 10.1. The summed E-state index contributed by atoms with van der Waals surface area (Å²) >= 11 is 0. The predicted octanol–water partition coefficient (Wildman–Crippen LogP) is -1.31. The van der Waals surface area contributed by atoms with Gasteiger partial charge in [-0.05, 0) is 26.8 Å². The van der Waals surface area contributed by atoms with E-state index in [9.17, 15) is 14.7 Å². The smallest absolute Gasteiger partial charge is 0.146 e. The van der Waals surface area contributed by atoms with Crippen LogP contribution < -0.4 is 10.4 Å². The lowest BCUT2D eigenvalue weighted by atomic mass is 10.1. The number of nitrogens with one attached hydrogen (secondary N) is 1. The quantitative estimate of drug-likeness (QED) is 0.539. The topological polar surface area (TPSA) is 69.2 Å². The highest BCUT2D eigenvalue weighted by molar-refractivity contribution is 5.81. The molecule has 0 aliphatic carbocycles. The van der Waals surface area contributed by atoms with Crippen molar-refractivity contribution in [3.63, 3.8) is 0 Å². The molecule has 11 heavy (non-hydrogen) atoms. The first-order valence-electron chi connectivity index (χ1n) is 3.45. The Kier molecular flexibility index (Phi) is 4.45. The SMILES string of the molecule is CNC(CCC(=O)[O-])C(C)=O. The van der Waals surface area contributed by atoms with E-state index in [0.29, 0.717) is 6.42 Å². The van der Waals surface area contributed by atoms with E-state index in [1.807, 2.05) is 0 Å². The molecule has 64 valence electrons. The van der Waals surface area contributed by atoms with Crippen molar-refractivity contribution in [2.75, 3.05) is 7.05 Å². The standard InChI is InChI=1S/C7H13NO3/c1-5(9)6(8-2)3-4-7(10)11/h6,8H,3-4H2,1-2H3,(H,10,11)/p-1. The summed E-state index contributed by atoms with van der Waals surface area (Å²) in [6.07, 6.45) is 0.221. The second-order valence-electron chi connectivity index (χ2n) is 2.36. The van der Waals surface area contributed by atoms with Crippen LogP contribution in [-0.4, -0.2) is 24.8 Å². The van der Waals surface area contributed by atoms with Gasteiger partial charge < -0.3 is 15.2 Å². The molecule has 1 atom stereocenters. The minimum atomic E-state index is -1.12. The summed E-state index contributed by atoms with van der Waals surface area (Å²) in [7, 11) is 1.63. The molecule has 1 unspecified atom stereocenters. The summed E-state index contributed by atoms with van der Waals surface area (Å²) in [6.45, 7) is 1.43. The van der Waals surface area contributed by atoms with Gasteiger partial charge in [-0.25, -0.2) is 0 Å². The number of hydrogen-bond donors (Lipinski definition) is 1. The third kappa shape index (κ3) is 4.50. The molecule has 0 spiro atoms. The molecule has 0 rings (SSSR count). The zero-order valence-electron chi connectivity index (χ0n) is 6.72. The van der Waals surface area contributed by atoms with Gasteiger partial charge in [0, 0.05) is 5.97 Å². The van der Waals surface area contributed by atoms with Gasteiger partial charge in [-0.15, -0.1) is 0 Å². The fourth-order valence-corrected chi connectivity index (χ4v) is 0.813. The third-order valence-electron chi connectivity index (χ3n) is 1.48. The number of likely N-dealkylation sites (N-methyl/N-ethyl adjacent to an activating group) is 1. The lowest BCUT2D eigenvalue weighted by Crippen LogP contribution is -2.34. The highest BCUT2D eigenvalue weighted by Crippen LogP contribution is 1.96. The van der Waals surface area contributed by atoms with Crippen LogP contribution in [0.15, 0.2) is 0 Å². The van der Waals surface area contributed by atoms with Crippen molar-refractivity contribution in [2.24, 2.45) is 0 Å². The van der Waals surface area contributed by atoms with E-state index < -0.39 is 5.97 Å². The number of carbonyl (C=O) groups is 2. The first-order chi connectivity index (χ1) is 5.07. The maximum atomic E-state index is 10.7. The Balaban J connectivity index is 3.70. The summed E-state index contributed by atoms with van der Waals surface area (Å²) in [5, 5.41) is 12.7. The van der Waals surface area contributed by atoms with Gasteiger partial charge in [0.15, 0.2) is 0 Å². The van der Waals surface area contributed by atoms with Crippen LogP contribution in [0.25, 0.3) is 0 Å². The molecule has 0 amide bonds. The number of ketones is 1. The number of rotatable bonds is 5. The van der Waals surface area contributed by atoms with E-state index in [1.165, 1.54) is 6.92 Å². The number of carboxylic acids is 1. The second kappa shape index (κ2) is 4.85. The molecular weight excluding hydrogens is 146 g/mol. The molecule has 4 heteroatoms. The van der Waals surface area contributed by atoms with Crippen LogP contribution in [-0.2, 0) is 9.59 Å². The normalized spacial score (nSPS) is 12.5. The van der Waals surface area contributed by atoms with Gasteiger partial charge in [0.2, 0.25) is 0 Å². The Hall–Kier alpha value is -0.900. The fraction of sp³-hybridized carbons (Fsp3) is 0.714. The van der Waals surface area contributed by atoms with Crippen molar-refractivity contribution in [2.45, 2.75) is 25.8 Å². The summed E-state index contributed by atoms with van der Waals surface area (Å²) in [5.74, 6) is -1.17. The van der Waals surface area contributed by atoms with Crippen LogP contribution in [0.5, 0.6) is 0 Å². The predicted molar refractivity (Wildman–Crippen MR) is 37.8 cm³/mol. The molecule has 0 bridgehead atoms. The van der Waals surface area contributed by atoms with E-state index in [2.05, 4.69) is 5.32 Å². The second-order valence-corrected chi connectivity index (χ2v) is 2.36. The van der Waals surface area contributed by atoms with Gasteiger partial charge in [0.1, 0.15) is 5.78 Å². The Morgan fingerprint density at radius 1 is 1.55 bits per heavy atom. The molecule has 0 aromatic heterocycles. The summed E-state index contributed by atoms with van der Waals surface area (Å²) in [4.78, 5) is 20.7. The van der Waals surface area contributed by atoms with Gasteiger partial charge in [-0.1, -0.05) is 0 Å². The third-order valence-corrected chi connectivity index (χ3v) is 1.48. The molecule has 1 N–H and O–H groups in total. The maximum Gasteiger partial charge on any atom is 0.146 e. The molecule has 0 aliphatic rings. The van der Waals surface area contributed by atoms with E-state index in [1.54, 1.807) is 7.05 Å². The van der Waals surface area contributed by atoms with E-state index in [0.717, 1.165) is 0 Å². The molecular formula is C7H12NO3-. The average molecular weight is 158 g/mol. The number of Topliss-reactive ketones (excluding diaryl/α,β-unsaturated/α-hetero) is 1. The molecule has 0 radical (unpaired) electrons. The van der Waals surface area contributed by atoms with E-state index >= 15 is 0 Å². The van der Waals surface area contributed by atoms with Crippen molar-refractivity contribution in [1.82, 2.24) is 5.32 Å². The summed E-state index contributed by atoms with van der Waals surface area (Å²) in [6, 6.07) is -0.354. The molecule has 0 saturated heterocycles. The van der Waals surface area contributed by atoms with Crippen molar-refractivity contribution in [1.29, 1.82) is 0 Å². The largest absolute Gasteiger partial charge is 0.550 e. The Bertz CT molecular complexity index is 156. The van der Waals surface area contributed by atoms with Gasteiger partial charge in [-0.2, -0.15) is 0 Å². The number of hydrogen-bond acceptors (Lipinski definition) is 4. The Labute approximate surface area is 65.6 Å². The summed E-state index contributed by atoms with van der Waals surface area (Å²) in [5.41, 5.74) is 0. The van der Waals surface area contributed by atoms with E-state index in [-0.39, 0.29) is 18.2 Å². The molecule has 0 heterocycles. The van der Waals surface area contributed by atoms with Crippen LogP contribution in [0.4, 0.5) is 0 Å². The van der Waals surface area contributed by atoms with Crippen LogP contribution in [0, 0.1) is 0 Å². The molecule has 0 aliphatic heterocycles. The highest BCUT2D eigenvalue weighted by atomic mass is 16.4. The Morgan fingerprint density at radius 3 is 2.36 bits per heavy atom. The van der Waals surface area contributed by atoms with Crippen molar-refractivity contribution in [3.8, 4) is 0 Å². The number of aliphatic carboxylic acids is 1.